The van der Waals surface area contributed by atoms with Gasteiger partial charge in [0.2, 0.25) is 0 Å². The summed E-state index contributed by atoms with van der Waals surface area (Å²) in [5.41, 5.74) is 0.343. The molecule has 5 nitrogen and oxygen atoms in total. The Morgan fingerprint density at radius 1 is 1.14 bits per heavy atom. The Labute approximate surface area is 160 Å². The molecule has 148 valence electrons. The molecule has 0 spiro atoms. The fourth-order valence-corrected chi connectivity index (χ4v) is 3.65. The van der Waals surface area contributed by atoms with Crippen LogP contribution in [-0.4, -0.2) is 45.6 Å². The molecular weight excluding hydrogens is 394 g/mol. The van der Waals surface area contributed by atoms with Crippen molar-refractivity contribution >= 4 is 38.2 Å². The Bertz CT molecular complexity index is 1040. The van der Waals surface area contributed by atoms with Crippen LogP contribution in [0.2, 0.25) is 0 Å². The van der Waals surface area contributed by atoms with Crippen LogP contribution in [0.15, 0.2) is 47.1 Å². The molecule has 3 rings (SSSR count). The van der Waals surface area contributed by atoms with Gasteiger partial charge in [-0.05, 0) is 12.3 Å². The molecule has 0 radical (unpaired) electrons. The summed E-state index contributed by atoms with van der Waals surface area (Å²) in [6, 6.07) is 4.22. The van der Waals surface area contributed by atoms with Gasteiger partial charge < -0.3 is 4.31 Å². The Balaban J connectivity index is 1.83. The SMILES string of the molecule is C=S(=C)(C)N(Cc1ccc(C2=NN=C(C(F)(F)F)C2)cc1F)c1cncnc1. The molecule has 0 fully saturated rings. The Hall–Kier alpha value is -2.75. The van der Waals surface area contributed by atoms with Crippen molar-refractivity contribution in [3.05, 3.63) is 53.9 Å². The highest BCUT2D eigenvalue weighted by molar-refractivity contribution is 8.28. The molecule has 0 bridgehead atoms. The van der Waals surface area contributed by atoms with E-state index in [4.69, 9.17) is 0 Å². The average Bonchev–Trinajstić information content (AvgIpc) is 3.11. The monoisotopic (exact) mass is 411 g/mol. The molecule has 2 heterocycles. The topological polar surface area (TPSA) is 53.7 Å². The second kappa shape index (κ2) is 7.34. The molecule has 1 aliphatic heterocycles. The lowest BCUT2D eigenvalue weighted by atomic mass is 10.0. The number of alkyl halides is 3. The van der Waals surface area contributed by atoms with Crippen LogP contribution in [0.5, 0.6) is 0 Å². The Morgan fingerprint density at radius 2 is 1.82 bits per heavy atom. The number of rotatable bonds is 5. The third kappa shape index (κ3) is 4.38. The molecule has 0 N–H and O–H groups in total. The largest absolute Gasteiger partial charge is 0.431 e. The van der Waals surface area contributed by atoms with Crippen molar-refractivity contribution < 1.29 is 17.6 Å². The standard InChI is InChI=1S/C18H17F4N5S/c1-28(2,3)27(14-8-23-11-24-9-14)10-13-5-4-12(6-15(13)19)16-7-17(26-25-16)18(20,21)22/h4-6,8-9,11H,1-2,7,10H2,3H3. The summed E-state index contributed by atoms with van der Waals surface area (Å²) in [5, 5.41) is 6.71. The molecule has 0 unspecified atom stereocenters. The average molecular weight is 411 g/mol. The van der Waals surface area contributed by atoms with Crippen molar-refractivity contribution in [1.29, 1.82) is 0 Å². The molecule has 0 atom stereocenters. The second-order valence-electron chi connectivity index (χ2n) is 6.43. The minimum Gasteiger partial charge on any atom is -0.321 e. The highest BCUT2D eigenvalue weighted by atomic mass is 32.2. The highest BCUT2D eigenvalue weighted by Gasteiger charge is 2.38. The fourth-order valence-electron chi connectivity index (χ4n) is 2.60. The first-order valence-corrected chi connectivity index (χ1v) is 10.4. The molecule has 1 aliphatic rings. The van der Waals surface area contributed by atoms with E-state index in [1.54, 1.807) is 12.4 Å². The molecule has 1 aromatic carbocycles. The van der Waals surface area contributed by atoms with E-state index in [2.05, 4.69) is 31.9 Å². The zero-order valence-electron chi connectivity index (χ0n) is 14.9. The van der Waals surface area contributed by atoms with Gasteiger partial charge in [-0.25, -0.2) is 14.4 Å². The van der Waals surface area contributed by atoms with Crippen LogP contribution < -0.4 is 4.31 Å². The van der Waals surface area contributed by atoms with E-state index in [-0.39, 0.29) is 17.8 Å². The van der Waals surface area contributed by atoms with Crippen LogP contribution in [0.1, 0.15) is 17.5 Å². The molecular formula is C18H17F4N5S. The van der Waals surface area contributed by atoms with Gasteiger partial charge in [-0.2, -0.15) is 18.3 Å². The summed E-state index contributed by atoms with van der Waals surface area (Å²) in [6.45, 7) is 0.162. The maximum atomic E-state index is 14.7. The van der Waals surface area contributed by atoms with Gasteiger partial charge in [0.1, 0.15) is 17.9 Å². The van der Waals surface area contributed by atoms with Gasteiger partial charge in [0.05, 0.1) is 30.3 Å². The molecule has 1 aromatic heterocycles. The first-order valence-electron chi connectivity index (χ1n) is 8.02. The number of hydrogen-bond acceptors (Lipinski definition) is 5. The van der Waals surface area contributed by atoms with E-state index in [1.807, 2.05) is 10.6 Å². The van der Waals surface area contributed by atoms with Crippen molar-refractivity contribution in [2.75, 3.05) is 10.6 Å². The van der Waals surface area contributed by atoms with Crippen LogP contribution in [0.4, 0.5) is 23.2 Å². The third-order valence-corrected chi connectivity index (χ3v) is 5.42. The minimum atomic E-state index is -4.54. The third-order valence-electron chi connectivity index (χ3n) is 4.02. The first kappa shape index (κ1) is 20.0. The van der Waals surface area contributed by atoms with Gasteiger partial charge in [0.15, 0.2) is 0 Å². The fraction of sp³-hybridized carbons (Fsp3) is 0.222. The number of hydrogen-bond donors (Lipinski definition) is 0. The van der Waals surface area contributed by atoms with Gasteiger partial charge in [0, 0.05) is 17.5 Å². The number of nitrogens with zero attached hydrogens (tertiary/aromatic N) is 5. The van der Waals surface area contributed by atoms with Gasteiger partial charge in [-0.3, -0.25) is 0 Å². The second-order valence-corrected chi connectivity index (χ2v) is 9.31. The minimum absolute atomic E-state index is 0.0795. The smallest absolute Gasteiger partial charge is 0.321 e. The molecule has 0 saturated heterocycles. The molecule has 0 saturated carbocycles. The molecule has 10 heteroatoms. The quantitative estimate of drug-likeness (QED) is 0.553. The van der Waals surface area contributed by atoms with Crippen molar-refractivity contribution in [1.82, 2.24) is 9.97 Å². The number of aromatic nitrogens is 2. The van der Waals surface area contributed by atoms with E-state index in [0.717, 1.165) is 0 Å². The maximum Gasteiger partial charge on any atom is 0.431 e. The molecule has 0 amide bonds. The number of anilines is 1. The lowest BCUT2D eigenvalue weighted by Gasteiger charge is -2.30. The zero-order valence-corrected chi connectivity index (χ0v) is 15.8. The van der Waals surface area contributed by atoms with Crippen LogP contribution in [0.25, 0.3) is 0 Å². The van der Waals surface area contributed by atoms with E-state index in [1.165, 1.54) is 24.5 Å². The Kier molecular flexibility index (Phi) is 5.24. The van der Waals surface area contributed by atoms with Crippen molar-refractivity contribution in [2.24, 2.45) is 10.2 Å². The predicted octanol–water partition coefficient (Wildman–Crippen LogP) is 3.95. The summed E-state index contributed by atoms with van der Waals surface area (Å²) in [7, 11) is -1.76. The molecule has 28 heavy (non-hydrogen) atoms. The van der Waals surface area contributed by atoms with E-state index in [0.29, 0.717) is 11.3 Å². The maximum absolute atomic E-state index is 14.7. The van der Waals surface area contributed by atoms with Gasteiger partial charge >= 0.3 is 6.18 Å². The van der Waals surface area contributed by atoms with Crippen LogP contribution in [0, 0.1) is 5.82 Å². The summed E-state index contributed by atoms with van der Waals surface area (Å²) >= 11 is 0. The zero-order chi connectivity index (χ0) is 20.5. The van der Waals surface area contributed by atoms with Crippen molar-refractivity contribution in [2.45, 2.75) is 19.1 Å². The van der Waals surface area contributed by atoms with Crippen molar-refractivity contribution in [3.8, 4) is 0 Å². The van der Waals surface area contributed by atoms with Crippen LogP contribution in [0.3, 0.4) is 0 Å². The van der Waals surface area contributed by atoms with Gasteiger partial charge in [-0.1, -0.05) is 23.9 Å². The van der Waals surface area contributed by atoms with Gasteiger partial charge in [0.25, 0.3) is 0 Å². The van der Waals surface area contributed by atoms with E-state index >= 15 is 0 Å². The predicted molar refractivity (Wildman–Crippen MR) is 107 cm³/mol. The van der Waals surface area contributed by atoms with Crippen LogP contribution in [-0.2, 0) is 6.54 Å². The number of benzene rings is 1. The number of halogens is 4. The summed E-state index contributed by atoms with van der Waals surface area (Å²) in [6.07, 6.45) is 1.38. The molecule has 2 aromatic rings. The lowest BCUT2D eigenvalue weighted by Crippen LogP contribution is -2.23. The normalized spacial score (nSPS) is 14.6. The summed E-state index contributed by atoms with van der Waals surface area (Å²) in [4.78, 5) is 7.93. The van der Waals surface area contributed by atoms with Crippen molar-refractivity contribution in [3.63, 3.8) is 0 Å². The summed E-state index contributed by atoms with van der Waals surface area (Å²) < 4.78 is 54.6. The van der Waals surface area contributed by atoms with E-state index in [9.17, 15) is 17.6 Å². The van der Waals surface area contributed by atoms with Crippen LogP contribution >= 0.6 is 9.39 Å². The first-order chi connectivity index (χ1) is 13.1. The highest BCUT2D eigenvalue weighted by Crippen LogP contribution is 2.31. The van der Waals surface area contributed by atoms with Gasteiger partial charge in [-0.15, -0.1) is 14.5 Å². The Morgan fingerprint density at radius 3 is 2.36 bits per heavy atom. The molecule has 0 aliphatic carbocycles. The lowest BCUT2D eigenvalue weighted by molar-refractivity contribution is -0.0596. The summed E-state index contributed by atoms with van der Waals surface area (Å²) in [5.74, 6) is 7.56. The van der Waals surface area contributed by atoms with E-state index < -0.39 is 33.5 Å².